The second-order valence-corrected chi connectivity index (χ2v) is 5.13. The number of hydrogen-bond donors (Lipinski definition) is 0. The first kappa shape index (κ1) is 11.4. The normalized spacial score (nSPS) is 23.6. The van der Waals surface area contributed by atoms with Crippen molar-refractivity contribution in [1.82, 2.24) is 0 Å². The van der Waals surface area contributed by atoms with Crippen LogP contribution in [-0.2, 0) is 11.2 Å². The van der Waals surface area contributed by atoms with E-state index >= 15 is 0 Å². The number of hydrogen-bond acceptors (Lipinski definition) is 3. The number of nitrogens with zero attached hydrogens (tertiary/aromatic N) is 1. The topological polar surface area (TPSA) is 38.7 Å². The zero-order valence-corrected chi connectivity index (χ0v) is 10.8. The smallest absolute Gasteiger partial charge is 0.217 e. The molecule has 3 heteroatoms. The molecule has 98 valence electrons. The molecule has 0 spiro atoms. The highest BCUT2D eigenvalue weighted by Gasteiger charge is 2.41. The molecule has 0 saturated heterocycles. The van der Waals surface area contributed by atoms with Crippen LogP contribution in [0.3, 0.4) is 0 Å². The molecule has 2 aromatic rings. The molecule has 0 saturated carbocycles. The SMILES string of the molecule is O=C1c2ccccc2C[C@H]2N=C(c3ccccc3)OC12. The molecule has 2 aliphatic rings. The summed E-state index contributed by atoms with van der Waals surface area (Å²) in [5, 5.41) is 0. The predicted octanol–water partition coefficient (Wildman–Crippen LogP) is 2.64. The van der Waals surface area contributed by atoms with Crippen LogP contribution in [0, 0.1) is 0 Å². The monoisotopic (exact) mass is 263 g/mol. The summed E-state index contributed by atoms with van der Waals surface area (Å²) in [6, 6.07) is 17.4. The van der Waals surface area contributed by atoms with E-state index in [4.69, 9.17) is 4.74 Å². The number of Topliss-reactive ketones (excluding diaryl/α,β-unsaturated/α-hetero) is 1. The molecule has 0 N–H and O–H groups in total. The summed E-state index contributed by atoms with van der Waals surface area (Å²) in [5.74, 6) is 0.633. The van der Waals surface area contributed by atoms with Gasteiger partial charge in [-0.15, -0.1) is 0 Å². The van der Waals surface area contributed by atoms with Crippen molar-refractivity contribution in [2.45, 2.75) is 18.6 Å². The highest BCUT2D eigenvalue weighted by atomic mass is 16.5. The van der Waals surface area contributed by atoms with E-state index in [2.05, 4.69) is 4.99 Å². The molecule has 1 aliphatic carbocycles. The van der Waals surface area contributed by atoms with E-state index in [9.17, 15) is 4.79 Å². The van der Waals surface area contributed by atoms with Crippen molar-refractivity contribution >= 4 is 11.7 Å². The first-order valence-corrected chi connectivity index (χ1v) is 6.75. The van der Waals surface area contributed by atoms with Crippen LogP contribution < -0.4 is 0 Å². The van der Waals surface area contributed by atoms with Gasteiger partial charge in [0.05, 0.1) is 0 Å². The quantitative estimate of drug-likeness (QED) is 0.793. The minimum absolute atomic E-state index is 0.0477. The van der Waals surface area contributed by atoms with Crippen molar-refractivity contribution in [3.05, 3.63) is 71.3 Å². The number of ketones is 1. The van der Waals surface area contributed by atoms with Crippen LogP contribution in [0.1, 0.15) is 21.5 Å². The summed E-state index contributed by atoms with van der Waals surface area (Å²) < 4.78 is 5.82. The number of benzene rings is 2. The van der Waals surface area contributed by atoms with Gasteiger partial charge in [-0.3, -0.25) is 4.79 Å². The number of carbonyl (C=O) groups is 1. The lowest BCUT2D eigenvalue weighted by atomic mass is 9.86. The van der Waals surface area contributed by atoms with Gasteiger partial charge in [0.1, 0.15) is 6.04 Å². The van der Waals surface area contributed by atoms with Crippen molar-refractivity contribution in [1.29, 1.82) is 0 Å². The molecule has 1 aliphatic heterocycles. The fourth-order valence-electron chi connectivity index (χ4n) is 2.87. The van der Waals surface area contributed by atoms with E-state index in [1.165, 1.54) is 0 Å². The van der Waals surface area contributed by atoms with E-state index in [1.54, 1.807) is 0 Å². The molecule has 2 aromatic carbocycles. The van der Waals surface area contributed by atoms with E-state index in [-0.39, 0.29) is 11.8 Å². The van der Waals surface area contributed by atoms with Gasteiger partial charge in [0.25, 0.3) is 0 Å². The van der Waals surface area contributed by atoms with Crippen molar-refractivity contribution in [2.75, 3.05) is 0 Å². The van der Waals surface area contributed by atoms with Gasteiger partial charge >= 0.3 is 0 Å². The van der Waals surface area contributed by atoms with Gasteiger partial charge in [0, 0.05) is 11.1 Å². The van der Waals surface area contributed by atoms with Crippen molar-refractivity contribution < 1.29 is 9.53 Å². The summed E-state index contributed by atoms with van der Waals surface area (Å²) in [5.41, 5.74) is 2.78. The van der Waals surface area contributed by atoms with Crippen LogP contribution >= 0.6 is 0 Å². The van der Waals surface area contributed by atoms with Gasteiger partial charge in [0.2, 0.25) is 11.7 Å². The van der Waals surface area contributed by atoms with Gasteiger partial charge in [-0.1, -0.05) is 42.5 Å². The maximum absolute atomic E-state index is 12.5. The third kappa shape index (κ3) is 1.67. The number of aliphatic imine (C=N–C) groups is 1. The number of carbonyl (C=O) groups excluding carboxylic acids is 1. The molecule has 2 atom stereocenters. The molecule has 0 bridgehead atoms. The zero-order valence-electron chi connectivity index (χ0n) is 10.8. The third-order valence-electron chi connectivity index (χ3n) is 3.86. The lowest BCUT2D eigenvalue weighted by Crippen LogP contribution is -2.38. The Morgan fingerprint density at radius 2 is 1.75 bits per heavy atom. The maximum Gasteiger partial charge on any atom is 0.217 e. The first-order valence-electron chi connectivity index (χ1n) is 6.75. The molecule has 1 heterocycles. The van der Waals surface area contributed by atoms with Gasteiger partial charge in [-0.25, -0.2) is 4.99 Å². The Hall–Kier alpha value is -2.42. The Bertz CT molecular complexity index is 706. The first-order chi connectivity index (χ1) is 9.83. The fraction of sp³-hybridized carbons (Fsp3) is 0.176. The van der Waals surface area contributed by atoms with Crippen LogP contribution in [0.2, 0.25) is 0 Å². The Balaban J connectivity index is 1.70. The molecule has 0 aromatic heterocycles. The van der Waals surface area contributed by atoms with Crippen LogP contribution in [0.5, 0.6) is 0 Å². The second-order valence-electron chi connectivity index (χ2n) is 5.13. The lowest BCUT2D eigenvalue weighted by Gasteiger charge is -2.23. The molecule has 0 amide bonds. The Labute approximate surface area is 116 Å². The largest absolute Gasteiger partial charge is 0.463 e. The molecule has 20 heavy (non-hydrogen) atoms. The van der Waals surface area contributed by atoms with Crippen molar-refractivity contribution in [2.24, 2.45) is 4.99 Å². The minimum atomic E-state index is -0.458. The third-order valence-corrected chi connectivity index (χ3v) is 3.86. The van der Waals surface area contributed by atoms with Gasteiger partial charge in [-0.2, -0.15) is 0 Å². The molecule has 0 fully saturated rings. The summed E-state index contributed by atoms with van der Waals surface area (Å²) in [6.45, 7) is 0. The van der Waals surface area contributed by atoms with E-state index in [0.29, 0.717) is 5.90 Å². The van der Waals surface area contributed by atoms with E-state index < -0.39 is 6.10 Å². The Kier molecular flexibility index (Phi) is 2.46. The maximum atomic E-state index is 12.5. The summed E-state index contributed by atoms with van der Waals surface area (Å²) in [6.07, 6.45) is 0.309. The standard InChI is InChI=1S/C17H13NO2/c19-15-13-9-5-4-8-12(13)10-14-16(15)20-17(18-14)11-6-2-1-3-7-11/h1-9,14,16H,10H2/t14-,16?/m1/s1. The van der Waals surface area contributed by atoms with Crippen molar-refractivity contribution in [3.8, 4) is 0 Å². The molecule has 4 rings (SSSR count). The fourth-order valence-corrected chi connectivity index (χ4v) is 2.87. The number of rotatable bonds is 1. The average molecular weight is 263 g/mol. The van der Waals surface area contributed by atoms with Gasteiger partial charge < -0.3 is 4.74 Å². The molecular formula is C17H13NO2. The highest BCUT2D eigenvalue weighted by Crippen LogP contribution is 2.30. The van der Waals surface area contributed by atoms with Crippen LogP contribution in [-0.4, -0.2) is 23.8 Å². The zero-order chi connectivity index (χ0) is 13.5. The van der Waals surface area contributed by atoms with Crippen LogP contribution in [0.25, 0.3) is 0 Å². The van der Waals surface area contributed by atoms with Crippen molar-refractivity contribution in [3.63, 3.8) is 0 Å². The van der Waals surface area contributed by atoms with E-state index in [1.807, 2.05) is 54.6 Å². The lowest BCUT2D eigenvalue weighted by molar-refractivity contribution is 0.0757. The molecule has 0 radical (unpaired) electrons. The Morgan fingerprint density at radius 3 is 2.60 bits per heavy atom. The second kappa shape index (κ2) is 4.30. The van der Waals surface area contributed by atoms with E-state index in [0.717, 1.165) is 23.1 Å². The molecule has 1 unspecified atom stereocenters. The van der Waals surface area contributed by atoms with Gasteiger partial charge in [-0.05, 0) is 24.1 Å². The predicted molar refractivity (Wildman–Crippen MR) is 76.1 cm³/mol. The Morgan fingerprint density at radius 1 is 1.00 bits per heavy atom. The number of ether oxygens (including phenoxy) is 1. The van der Waals surface area contributed by atoms with Crippen LogP contribution in [0.4, 0.5) is 0 Å². The number of fused-ring (bicyclic) bond motifs is 2. The summed E-state index contributed by atoms with van der Waals surface area (Å²) >= 11 is 0. The highest BCUT2D eigenvalue weighted by molar-refractivity contribution is 6.06. The van der Waals surface area contributed by atoms with Gasteiger partial charge in [0.15, 0.2) is 6.10 Å². The van der Waals surface area contributed by atoms with Crippen LogP contribution in [0.15, 0.2) is 59.6 Å². The molecule has 3 nitrogen and oxygen atoms in total. The average Bonchev–Trinajstić information content (AvgIpc) is 2.93. The molecular weight excluding hydrogens is 250 g/mol. The summed E-state index contributed by atoms with van der Waals surface area (Å²) in [7, 11) is 0. The minimum Gasteiger partial charge on any atom is -0.463 e. The summed E-state index contributed by atoms with van der Waals surface area (Å²) in [4.78, 5) is 17.1.